The van der Waals surface area contributed by atoms with Gasteiger partial charge in [0, 0.05) is 25.2 Å². The van der Waals surface area contributed by atoms with E-state index in [4.69, 9.17) is 0 Å². The zero-order valence-electron chi connectivity index (χ0n) is 11.2. The SMILES string of the molecule is CC(C)NCc1ccccc1CN(C)C1CC1. The van der Waals surface area contributed by atoms with Crippen molar-refractivity contribution in [3.63, 3.8) is 0 Å². The van der Waals surface area contributed by atoms with Crippen molar-refractivity contribution < 1.29 is 0 Å². The molecule has 0 bridgehead atoms. The molecule has 0 unspecified atom stereocenters. The monoisotopic (exact) mass is 232 g/mol. The first-order valence-electron chi connectivity index (χ1n) is 6.67. The second-order valence-corrected chi connectivity index (χ2v) is 5.45. The maximum Gasteiger partial charge on any atom is 0.0236 e. The van der Waals surface area contributed by atoms with Crippen LogP contribution in [0.5, 0.6) is 0 Å². The number of nitrogens with one attached hydrogen (secondary N) is 1. The Kier molecular flexibility index (Phi) is 4.19. The third kappa shape index (κ3) is 3.83. The summed E-state index contributed by atoms with van der Waals surface area (Å²) in [4.78, 5) is 2.48. The van der Waals surface area contributed by atoms with Crippen molar-refractivity contribution >= 4 is 0 Å². The molecule has 0 spiro atoms. The molecular formula is C15H24N2. The molecule has 0 saturated heterocycles. The van der Waals surface area contributed by atoms with Gasteiger partial charge in [0.15, 0.2) is 0 Å². The Balaban J connectivity index is 1.98. The van der Waals surface area contributed by atoms with E-state index in [-0.39, 0.29) is 0 Å². The molecule has 1 saturated carbocycles. The lowest BCUT2D eigenvalue weighted by Gasteiger charge is -2.19. The third-order valence-electron chi connectivity index (χ3n) is 3.41. The van der Waals surface area contributed by atoms with Gasteiger partial charge in [0.1, 0.15) is 0 Å². The van der Waals surface area contributed by atoms with E-state index >= 15 is 0 Å². The molecular weight excluding hydrogens is 208 g/mol. The fourth-order valence-electron chi connectivity index (χ4n) is 2.11. The van der Waals surface area contributed by atoms with Crippen molar-refractivity contribution in [2.24, 2.45) is 0 Å². The van der Waals surface area contributed by atoms with Crippen LogP contribution in [0, 0.1) is 0 Å². The summed E-state index contributed by atoms with van der Waals surface area (Å²) < 4.78 is 0. The number of benzene rings is 1. The van der Waals surface area contributed by atoms with Gasteiger partial charge in [0.2, 0.25) is 0 Å². The van der Waals surface area contributed by atoms with Crippen LogP contribution < -0.4 is 5.32 Å². The number of rotatable bonds is 6. The molecule has 2 nitrogen and oxygen atoms in total. The Morgan fingerprint density at radius 3 is 2.47 bits per heavy atom. The number of hydrogen-bond acceptors (Lipinski definition) is 2. The number of nitrogens with zero attached hydrogens (tertiary/aromatic N) is 1. The third-order valence-corrected chi connectivity index (χ3v) is 3.41. The lowest BCUT2D eigenvalue weighted by Crippen LogP contribution is -2.24. The summed E-state index contributed by atoms with van der Waals surface area (Å²) in [7, 11) is 2.24. The number of hydrogen-bond donors (Lipinski definition) is 1. The van der Waals surface area contributed by atoms with Gasteiger partial charge < -0.3 is 5.32 Å². The van der Waals surface area contributed by atoms with Gasteiger partial charge in [0.05, 0.1) is 0 Å². The van der Waals surface area contributed by atoms with E-state index in [2.05, 4.69) is 55.4 Å². The maximum absolute atomic E-state index is 3.50. The van der Waals surface area contributed by atoms with Crippen LogP contribution in [0.15, 0.2) is 24.3 Å². The molecule has 1 N–H and O–H groups in total. The van der Waals surface area contributed by atoms with Crippen molar-refractivity contribution in [3.8, 4) is 0 Å². The second-order valence-electron chi connectivity index (χ2n) is 5.45. The molecule has 1 fully saturated rings. The molecule has 0 atom stereocenters. The topological polar surface area (TPSA) is 15.3 Å². The maximum atomic E-state index is 3.50. The lowest BCUT2D eigenvalue weighted by atomic mass is 10.1. The van der Waals surface area contributed by atoms with Crippen LogP contribution in [0.1, 0.15) is 37.8 Å². The summed E-state index contributed by atoms with van der Waals surface area (Å²) in [5, 5.41) is 3.50. The van der Waals surface area contributed by atoms with Gasteiger partial charge in [-0.1, -0.05) is 38.1 Å². The minimum Gasteiger partial charge on any atom is -0.310 e. The van der Waals surface area contributed by atoms with Crippen LogP contribution in [0.3, 0.4) is 0 Å². The molecule has 0 radical (unpaired) electrons. The lowest BCUT2D eigenvalue weighted by molar-refractivity contribution is 0.315. The second kappa shape index (κ2) is 5.65. The van der Waals surface area contributed by atoms with Crippen molar-refractivity contribution in [2.45, 2.75) is 51.9 Å². The van der Waals surface area contributed by atoms with Crippen molar-refractivity contribution in [1.82, 2.24) is 10.2 Å². The molecule has 2 heteroatoms. The quantitative estimate of drug-likeness (QED) is 0.811. The Bertz CT molecular complexity index is 356. The highest BCUT2D eigenvalue weighted by atomic mass is 15.1. The van der Waals surface area contributed by atoms with E-state index in [0.29, 0.717) is 6.04 Å². The van der Waals surface area contributed by atoms with E-state index in [9.17, 15) is 0 Å². The van der Waals surface area contributed by atoms with Gasteiger partial charge in [-0.2, -0.15) is 0 Å². The highest BCUT2D eigenvalue weighted by Crippen LogP contribution is 2.27. The van der Waals surface area contributed by atoms with Gasteiger partial charge in [-0.15, -0.1) is 0 Å². The smallest absolute Gasteiger partial charge is 0.0236 e. The summed E-state index contributed by atoms with van der Waals surface area (Å²) >= 11 is 0. The Labute approximate surface area is 105 Å². The standard InChI is InChI=1S/C15H24N2/c1-12(2)16-10-13-6-4-5-7-14(13)11-17(3)15-8-9-15/h4-7,12,15-16H,8-11H2,1-3H3. The van der Waals surface area contributed by atoms with Gasteiger partial charge in [0.25, 0.3) is 0 Å². The van der Waals surface area contributed by atoms with Crippen LogP contribution in [0.4, 0.5) is 0 Å². The summed E-state index contributed by atoms with van der Waals surface area (Å²) in [6.07, 6.45) is 2.76. The largest absolute Gasteiger partial charge is 0.310 e. The Hall–Kier alpha value is -0.860. The minimum absolute atomic E-state index is 0.546. The summed E-state index contributed by atoms with van der Waals surface area (Å²) in [6, 6.07) is 10.2. The molecule has 1 aliphatic rings. The van der Waals surface area contributed by atoms with E-state index in [0.717, 1.165) is 19.1 Å². The molecule has 0 aliphatic heterocycles. The first-order chi connectivity index (χ1) is 8.16. The summed E-state index contributed by atoms with van der Waals surface area (Å²) in [5.74, 6) is 0. The van der Waals surface area contributed by atoms with Crippen LogP contribution >= 0.6 is 0 Å². The Morgan fingerprint density at radius 2 is 1.88 bits per heavy atom. The van der Waals surface area contributed by atoms with Crippen LogP contribution in [-0.4, -0.2) is 24.0 Å². The van der Waals surface area contributed by atoms with E-state index in [1.54, 1.807) is 0 Å². The average Bonchev–Trinajstić information content (AvgIpc) is 3.11. The van der Waals surface area contributed by atoms with Crippen LogP contribution in [0.25, 0.3) is 0 Å². The summed E-state index contributed by atoms with van der Waals surface area (Å²) in [6.45, 7) is 6.45. The van der Waals surface area contributed by atoms with Crippen molar-refractivity contribution in [2.75, 3.05) is 7.05 Å². The average molecular weight is 232 g/mol. The van der Waals surface area contributed by atoms with Crippen LogP contribution in [0.2, 0.25) is 0 Å². The van der Waals surface area contributed by atoms with E-state index in [1.165, 1.54) is 24.0 Å². The molecule has 0 amide bonds. The first kappa shape index (κ1) is 12.6. The predicted octanol–water partition coefficient (Wildman–Crippen LogP) is 2.78. The Morgan fingerprint density at radius 1 is 1.24 bits per heavy atom. The van der Waals surface area contributed by atoms with Gasteiger partial charge in [-0.05, 0) is 31.0 Å². The molecule has 1 aromatic carbocycles. The summed E-state index contributed by atoms with van der Waals surface area (Å²) in [5.41, 5.74) is 2.91. The molecule has 0 aromatic heterocycles. The predicted molar refractivity (Wildman–Crippen MR) is 72.9 cm³/mol. The van der Waals surface area contributed by atoms with E-state index in [1.807, 2.05) is 0 Å². The van der Waals surface area contributed by atoms with Crippen LogP contribution in [-0.2, 0) is 13.1 Å². The zero-order valence-corrected chi connectivity index (χ0v) is 11.2. The fourth-order valence-corrected chi connectivity index (χ4v) is 2.11. The molecule has 1 aliphatic carbocycles. The minimum atomic E-state index is 0.546. The zero-order chi connectivity index (χ0) is 12.3. The van der Waals surface area contributed by atoms with Crippen molar-refractivity contribution in [1.29, 1.82) is 0 Å². The van der Waals surface area contributed by atoms with Gasteiger partial charge >= 0.3 is 0 Å². The molecule has 17 heavy (non-hydrogen) atoms. The fraction of sp³-hybridized carbons (Fsp3) is 0.600. The normalized spacial score (nSPS) is 15.8. The highest BCUT2D eigenvalue weighted by Gasteiger charge is 2.26. The molecule has 2 rings (SSSR count). The highest BCUT2D eigenvalue weighted by molar-refractivity contribution is 5.27. The first-order valence-corrected chi connectivity index (χ1v) is 6.67. The van der Waals surface area contributed by atoms with E-state index < -0.39 is 0 Å². The molecule has 0 heterocycles. The van der Waals surface area contributed by atoms with Gasteiger partial charge in [-0.25, -0.2) is 0 Å². The molecule has 1 aromatic rings. The molecule has 94 valence electrons. The van der Waals surface area contributed by atoms with Gasteiger partial charge in [-0.3, -0.25) is 4.90 Å². The van der Waals surface area contributed by atoms with Crippen molar-refractivity contribution in [3.05, 3.63) is 35.4 Å².